The molecule has 0 aliphatic rings. The van der Waals surface area contributed by atoms with E-state index in [1.807, 2.05) is 97.1 Å². The first-order chi connectivity index (χ1) is 18.0. The molecule has 4 aromatic carbocycles. The maximum Gasteiger partial charge on any atom is 0.0998 e. The van der Waals surface area contributed by atoms with E-state index in [0.717, 1.165) is 21.2 Å². The van der Waals surface area contributed by atoms with Gasteiger partial charge < -0.3 is 0 Å². The van der Waals surface area contributed by atoms with Gasteiger partial charge in [0, 0.05) is 4.90 Å². The molecule has 0 bridgehead atoms. The highest BCUT2D eigenvalue weighted by atomic mass is 31.2. The van der Waals surface area contributed by atoms with E-state index < -0.39 is 20.7 Å². The monoisotopic (exact) mass is 512 g/mol. The fourth-order valence-corrected chi connectivity index (χ4v) is 12.0. The van der Waals surface area contributed by atoms with Crippen LogP contribution in [0, 0.1) is 45.3 Å². The van der Waals surface area contributed by atoms with Gasteiger partial charge in [0.25, 0.3) is 0 Å². The van der Waals surface area contributed by atoms with Gasteiger partial charge in [0.05, 0.1) is 46.5 Å². The smallest absolute Gasteiger partial charge is 0.0998 e. The highest BCUT2D eigenvalue weighted by Crippen LogP contribution is 2.65. The van der Waals surface area contributed by atoms with Gasteiger partial charge in [-0.05, 0) is 61.3 Å². The van der Waals surface area contributed by atoms with Gasteiger partial charge in [-0.3, -0.25) is 0 Å². The highest BCUT2D eigenvalue weighted by Gasteiger charge is 2.43. The van der Waals surface area contributed by atoms with Crippen molar-refractivity contribution >= 4 is 37.1 Å². The van der Waals surface area contributed by atoms with Crippen molar-refractivity contribution in [2.24, 2.45) is 0 Å². The van der Waals surface area contributed by atoms with Crippen LogP contribution in [0.5, 0.6) is 0 Å². The molecular formula is C31H22N4P2. The van der Waals surface area contributed by atoms with Crippen LogP contribution in [0.1, 0.15) is 36.1 Å². The molecule has 0 amide bonds. The standard InChI is InChI=1S/C31H22N4P2/c1-31(2,36(27-15-7-3-11-23(27)19-32)28-16-8-4-12-24(28)20-33)37(29-17-9-5-13-25(29)21-34)30-18-10-6-14-26(30)22-35/h3-18H,1-2H3. The molecule has 6 heteroatoms. The molecule has 0 unspecified atom stereocenters. The molecule has 0 spiro atoms. The third-order valence-electron chi connectivity index (χ3n) is 6.16. The average molecular weight is 512 g/mol. The quantitative estimate of drug-likeness (QED) is 0.320. The number of rotatable bonds is 6. The largest absolute Gasteiger partial charge is 0.192 e. The number of hydrogen-bond acceptors (Lipinski definition) is 4. The Balaban J connectivity index is 2.12. The average Bonchev–Trinajstić information content (AvgIpc) is 2.94. The van der Waals surface area contributed by atoms with Crippen molar-refractivity contribution in [2.45, 2.75) is 18.7 Å². The van der Waals surface area contributed by atoms with Gasteiger partial charge in [-0.2, -0.15) is 21.0 Å². The third-order valence-corrected chi connectivity index (χ3v) is 13.0. The minimum absolute atomic E-state index is 0.562. The summed E-state index contributed by atoms with van der Waals surface area (Å²) >= 11 is 0. The van der Waals surface area contributed by atoms with Crippen LogP contribution in [0.4, 0.5) is 0 Å². The molecule has 176 valence electrons. The molecule has 0 radical (unpaired) electrons. The lowest BCUT2D eigenvalue weighted by Crippen LogP contribution is -2.37. The Kier molecular flexibility index (Phi) is 7.79. The van der Waals surface area contributed by atoms with Crippen molar-refractivity contribution in [3.63, 3.8) is 0 Å². The summed E-state index contributed by atoms with van der Waals surface area (Å²) in [5.74, 6) is 0. The second-order valence-corrected chi connectivity index (χ2v) is 14.5. The Morgan fingerprint density at radius 1 is 0.432 bits per heavy atom. The van der Waals surface area contributed by atoms with Gasteiger partial charge in [0.15, 0.2) is 0 Å². The molecule has 0 saturated carbocycles. The van der Waals surface area contributed by atoms with E-state index in [4.69, 9.17) is 0 Å². The van der Waals surface area contributed by atoms with Crippen molar-refractivity contribution in [2.75, 3.05) is 0 Å². The van der Waals surface area contributed by atoms with Crippen LogP contribution in [-0.4, -0.2) is 4.90 Å². The first-order valence-electron chi connectivity index (χ1n) is 11.5. The summed E-state index contributed by atoms with van der Waals surface area (Å²) in [6.45, 7) is 4.30. The minimum atomic E-state index is -1.30. The van der Waals surface area contributed by atoms with E-state index >= 15 is 0 Å². The lowest BCUT2D eigenvalue weighted by atomic mass is 10.2. The van der Waals surface area contributed by atoms with E-state index in [2.05, 4.69) is 38.1 Å². The molecular weight excluding hydrogens is 490 g/mol. The van der Waals surface area contributed by atoms with E-state index in [0.29, 0.717) is 22.3 Å². The molecule has 0 saturated heterocycles. The molecule has 37 heavy (non-hydrogen) atoms. The molecule has 0 aliphatic carbocycles. The van der Waals surface area contributed by atoms with E-state index in [9.17, 15) is 21.0 Å². The van der Waals surface area contributed by atoms with E-state index in [-0.39, 0.29) is 0 Å². The Labute approximate surface area is 220 Å². The van der Waals surface area contributed by atoms with Gasteiger partial charge in [-0.25, -0.2) is 0 Å². The van der Waals surface area contributed by atoms with Crippen LogP contribution in [-0.2, 0) is 0 Å². The topological polar surface area (TPSA) is 95.2 Å². The molecule has 0 aliphatic heterocycles. The summed E-state index contributed by atoms with van der Waals surface area (Å²) in [5, 5.41) is 43.7. The van der Waals surface area contributed by atoms with Crippen molar-refractivity contribution in [3.8, 4) is 24.3 Å². The van der Waals surface area contributed by atoms with Crippen LogP contribution >= 0.6 is 15.8 Å². The maximum absolute atomic E-state index is 10.1. The third kappa shape index (κ3) is 4.88. The van der Waals surface area contributed by atoms with Crippen LogP contribution in [0.2, 0.25) is 0 Å². The molecule has 0 fully saturated rings. The van der Waals surface area contributed by atoms with Crippen LogP contribution in [0.25, 0.3) is 0 Å². The normalized spacial score (nSPS) is 10.8. The maximum atomic E-state index is 10.1. The van der Waals surface area contributed by atoms with E-state index in [1.165, 1.54) is 0 Å². The molecule has 0 heterocycles. The van der Waals surface area contributed by atoms with Gasteiger partial charge >= 0.3 is 0 Å². The Morgan fingerprint density at radius 2 is 0.649 bits per heavy atom. The lowest BCUT2D eigenvalue weighted by Gasteiger charge is -2.43. The van der Waals surface area contributed by atoms with Crippen LogP contribution in [0.3, 0.4) is 0 Å². The zero-order valence-corrected chi connectivity index (χ0v) is 22.2. The zero-order chi connectivity index (χ0) is 26.4. The summed E-state index contributed by atoms with van der Waals surface area (Å²) in [7, 11) is -2.61. The fourth-order valence-electron chi connectivity index (χ4n) is 4.59. The predicted molar refractivity (Wildman–Crippen MR) is 151 cm³/mol. The highest BCUT2D eigenvalue weighted by molar-refractivity contribution is 7.91. The summed E-state index contributed by atoms with van der Waals surface area (Å²) < 4.78 is 0. The van der Waals surface area contributed by atoms with Gasteiger partial charge in [-0.1, -0.05) is 86.6 Å². The number of nitrogens with zero attached hydrogens (tertiary/aromatic N) is 4. The zero-order valence-electron chi connectivity index (χ0n) is 20.4. The van der Waals surface area contributed by atoms with E-state index in [1.54, 1.807) is 0 Å². The van der Waals surface area contributed by atoms with Gasteiger partial charge in [-0.15, -0.1) is 0 Å². The SMILES string of the molecule is CC(C)(P(c1ccccc1C#N)c1ccccc1C#N)P(c1ccccc1C#N)c1ccccc1C#N. The van der Waals surface area contributed by atoms with Gasteiger partial charge in [0.2, 0.25) is 0 Å². The minimum Gasteiger partial charge on any atom is -0.192 e. The lowest BCUT2D eigenvalue weighted by molar-refractivity contribution is 1.00. The first kappa shape index (κ1) is 25.8. The summed E-state index contributed by atoms with van der Waals surface area (Å²) in [6, 6.07) is 39.6. The van der Waals surface area contributed by atoms with Crippen LogP contribution in [0.15, 0.2) is 97.1 Å². The second-order valence-electron chi connectivity index (χ2n) is 8.68. The molecule has 4 nitrogen and oxygen atoms in total. The molecule has 0 aromatic heterocycles. The summed E-state index contributed by atoms with van der Waals surface area (Å²) in [5.41, 5.74) is 2.25. The van der Waals surface area contributed by atoms with Crippen LogP contribution < -0.4 is 21.2 Å². The van der Waals surface area contributed by atoms with Crippen molar-refractivity contribution in [1.29, 1.82) is 21.0 Å². The molecule has 4 rings (SSSR count). The summed E-state index contributed by atoms with van der Waals surface area (Å²) in [4.78, 5) is -0.565. The Morgan fingerprint density at radius 3 is 0.865 bits per heavy atom. The van der Waals surface area contributed by atoms with Gasteiger partial charge in [0.1, 0.15) is 0 Å². The number of hydrogen-bond donors (Lipinski definition) is 0. The fraction of sp³-hybridized carbons (Fsp3) is 0.0968. The summed E-state index contributed by atoms with van der Waals surface area (Å²) in [6.07, 6.45) is 0. The predicted octanol–water partition coefficient (Wildman–Crippen LogP) is 5.48. The first-order valence-corrected chi connectivity index (χ1v) is 14.2. The van der Waals surface area contributed by atoms with Crippen molar-refractivity contribution in [1.82, 2.24) is 0 Å². The molecule has 4 aromatic rings. The Hall–Kier alpha value is -4.30. The van der Waals surface area contributed by atoms with Crippen molar-refractivity contribution in [3.05, 3.63) is 119 Å². The number of benzene rings is 4. The Bertz CT molecular complexity index is 1390. The molecule has 0 atom stereocenters. The second kappa shape index (κ2) is 11.2. The molecule has 0 N–H and O–H groups in total. The van der Waals surface area contributed by atoms with Crippen molar-refractivity contribution < 1.29 is 0 Å². The number of nitriles is 4.